The smallest absolute Gasteiger partial charge is 0.324 e. The summed E-state index contributed by atoms with van der Waals surface area (Å²) < 4.78 is 0.117. The highest BCUT2D eigenvalue weighted by atomic mass is 127. The summed E-state index contributed by atoms with van der Waals surface area (Å²) >= 11 is 1.61. The normalized spacial score (nSPS) is 10.2. The van der Waals surface area contributed by atoms with Crippen LogP contribution in [0.3, 0.4) is 0 Å². The van der Waals surface area contributed by atoms with Gasteiger partial charge in [-0.1, -0.05) is 0 Å². The molecule has 0 aliphatic heterocycles. The lowest BCUT2D eigenvalue weighted by Gasteiger charge is -2.08. The molecule has 0 saturated carbocycles. The van der Waals surface area contributed by atoms with Gasteiger partial charge in [0, 0.05) is 9.64 Å². The molecule has 1 rings (SSSR count). The molecule has 9 heteroatoms. The van der Waals surface area contributed by atoms with Crippen LogP contribution in [-0.2, 0) is 9.59 Å². The molecule has 8 nitrogen and oxygen atoms in total. The number of rotatable bonds is 4. The summed E-state index contributed by atoms with van der Waals surface area (Å²) in [4.78, 5) is 34.8. The number of aromatic nitrogens is 1. The third-order valence-corrected chi connectivity index (χ3v) is 2.70. The monoisotopic (exact) mass is 352 g/mol. The Morgan fingerprint density at radius 3 is 2.29 bits per heavy atom. The molecule has 0 amide bonds. The molecule has 0 fully saturated rings. The fraction of sp³-hybridized carbons (Fsp3) is 0.125. The van der Waals surface area contributed by atoms with Crippen molar-refractivity contribution in [3.63, 3.8) is 0 Å². The first kappa shape index (κ1) is 13.3. The van der Waals surface area contributed by atoms with E-state index in [2.05, 4.69) is 4.98 Å². The Hall–Kier alpha value is -1.78. The minimum Gasteiger partial charge on any atom is -0.480 e. The second-order valence-electron chi connectivity index (χ2n) is 2.93. The van der Waals surface area contributed by atoms with E-state index >= 15 is 0 Å². The van der Waals surface area contributed by atoms with Gasteiger partial charge in [-0.05, 0) is 22.6 Å². The van der Waals surface area contributed by atoms with Crippen molar-refractivity contribution in [2.45, 2.75) is 5.92 Å². The number of carboxylic acid groups (broad SMARTS) is 2. The van der Waals surface area contributed by atoms with Gasteiger partial charge in [-0.3, -0.25) is 24.7 Å². The molecule has 0 aromatic carbocycles. The molecule has 0 unspecified atom stereocenters. The first-order valence-electron chi connectivity index (χ1n) is 4.10. The average Bonchev–Trinajstić information content (AvgIpc) is 2.19. The van der Waals surface area contributed by atoms with E-state index in [4.69, 9.17) is 10.2 Å². The van der Waals surface area contributed by atoms with Crippen molar-refractivity contribution < 1.29 is 24.7 Å². The number of nitrogens with zero attached hydrogens (tertiary/aromatic N) is 2. The Balaban J connectivity index is 3.27. The molecule has 0 bridgehead atoms. The van der Waals surface area contributed by atoms with Gasteiger partial charge in [0.25, 0.3) is 5.69 Å². The van der Waals surface area contributed by atoms with E-state index in [1.54, 1.807) is 22.6 Å². The Labute approximate surface area is 108 Å². The zero-order valence-corrected chi connectivity index (χ0v) is 10.2. The third kappa shape index (κ3) is 2.87. The first-order chi connectivity index (χ1) is 7.84. The topological polar surface area (TPSA) is 131 Å². The van der Waals surface area contributed by atoms with Crippen molar-refractivity contribution in [3.8, 4) is 0 Å². The molecular formula is C8H5IN2O6. The van der Waals surface area contributed by atoms with Crippen LogP contribution in [0.2, 0.25) is 0 Å². The molecule has 0 aliphatic rings. The average molecular weight is 352 g/mol. The molecule has 90 valence electrons. The van der Waals surface area contributed by atoms with Gasteiger partial charge in [-0.15, -0.1) is 0 Å². The lowest BCUT2D eigenvalue weighted by atomic mass is 10.1. The third-order valence-electron chi connectivity index (χ3n) is 1.83. The highest BCUT2D eigenvalue weighted by molar-refractivity contribution is 14.1. The minimum atomic E-state index is -1.83. The Bertz CT molecular complexity index is 489. The zero-order chi connectivity index (χ0) is 13.2. The molecule has 1 aromatic heterocycles. The predicted octanol–water partition coefficient (Wildman–Crippen LogP) is 0.847. The van der Waals surface area contributed by atoms with Gasteiger partial charge >= 0.3 is 11.9 Å². The molecule has 0 saturated heterocycles. The van der Waals surface area contributed by atoms with Gasteiger partial charge in [-0.25, -0.2) is 0 Å². The summed E-state index contributed by atoms with van der Waals surface area (Å²) in [6.45, 7) is 0. The lowest BCUT2D eigenvalue weighted by molar-refractivity contribution is -0.385. The number of hydrogen-bond donors (Lipinski definition) is 2. The van der Waals surface area contributed by atoms with Gasteiger partial charge in [0.1, 0.15) is 6.20 Å². The molecule has 1 aromatic rings. The van der Waals surface area contributed by atoms with E-state index < -0.39 is 22.8 Å². The van der Waals surface area contributed by atoms with Crippen LogP contribution in [0.5, 0.6) is 0 Å². The van der Waals surface area contributed by atoms with Crippen LogP contribution in [0.25, 0.3) is 0 Å². The number of hydrogen-bond acceptors (Lipinski definition) is 5. The molecular weight excluding hydrogens is 347 g/mol. The van der Waals surface area contributed by atoms with E-state index in [1.807, 2.05) is 0 Å². The van der Waals surface area contributed by atoms with Crippen molar-refractivity contribution in [2.75, 3.05) is 0 Å². The molecule has 0 atom stereocenters. The second-order valence-corrected chi connectivity index (χ2v) is 4.09. The SMILES string of the molecule is O=C(O)C(C(=O)O)c1ncc([N+](=O)[O-])cc1I. The van der Waals surface area contributed by atoms with Crippen LogP contribution >= 0.6 is 22.6 Å². The fourth-order valence-corrected chi connectivity index (χ4v) is 1.86. The van der Waals surface area contributed by atoms with Crippen LogP contribution in [0, 0.1) is 13.7 Å². The largest absolute Gasteiger partial charge is 0.480 e. The standard InChI is InChI=1S/C8H5IN2O6/c9-4-1-3(11(16)17)2-10-6(4)5(7(12)13)8(14)15/h1-2,5H,(H,12,13)(H,14,15). The van der Waals surface area contributed by atoms with Gasteiger partial charge in [-0.2, -0.15) is 0 Å². The number of carbonyl (C=O) groups is 2. The summed E-state index contributed by atoms with van der Waals surface area (Å²) in [6.07, 6.45) is 0.830. The maximum atomic E-state index is 10.8. The van der Waals surface area contributed by atoms with E-state index in [0.29, 0.717) is 0 Å². The van der Waals surface area contributed by atoms with Crippen LogP contribution in [0.15, 0.2) is 12.3 Å². The van der Waals surface area contributed by atoms with Crippen molar-refractivity contribution in [1.29, 1.82) is 0 Å². The van der Waals surface area contributed by atoms with Gasteiger partial charge < -0.3 is 10.2 Å². The number of halogens is 1. The van der Waals surface area contributed by atoms with Crippen molar-refractivity contribution >= 4 is 40.2 Å². The van der Waals surface area contributed by atoms with Crippen LogP contribution in [0.4, 0.5) is 5.69 Å². The predicted molar refractivity (Wildman–Crippen MR) is 61.6 cm³/mol. The van der Waals surface area contributed by atoms with Crippen LogP contribution in [0.1, 0.15) is 11.6 Å². The van der Waals surface area contributed by atoms with E-state index in [0.717, 1.165) is 12.3 Å². The quantitative estimate of drug-likeness (QED) is 0.355. The summed E-state index contributed by atoms with van der Waals surface area (Å²) in [5, 5.41) is 27.9. The van der Waals surface area contributed by atoms with Crippen LogP contribution in [-0.4, -0.2) is 32.1 Å². The van der Waals surface area contributed by atoms with Crippen molar-refractivity contribution in [2.24, 2.45) is 0 Å². The zero-order valence-electron chi connectivity index (χ0n) is 8.03. The van der Waals surface area contributed by atoms with Crippen molar-refractivity contribution in [3.05, 3.63) is 31.6 Å². The molecule has 17 heavy (non-hydrogen) atoms. The second kappa shape index (κ2) is 5.03. The van der Waals surface area contributed by atoms with Gasteiger partial charge in [0.15, 0.2) is 5.92 Å². The lowest BCUT2D eigenvalue weighted by Crippen LogP contribution is -2.23. The van der Waals surface area contributed by atoms with Gasteiger partial charge in [0.05, 0.1) is 10.6 Å². The highest BCUT2D eigenvalue weighted by Gasteiger charge is 2.32. The highest BCUT2D eigenvalue weighted by Crippen LogP contribution is 2.24. The number of carboxylic acids is 2. The van der Waals surface area contributed by atoms with Crippen LogP contribution < -0.4 is 0 Å². The number of aliphatic carboxylic acids is 2. The number of nitro groups is 1. The number of pyridine rings is 1. The molecule has 0 aliphatic carbocycles. The van der Waals surface area contributed by atoms with E-state index in [-0.39, 0.29) is 15.0 Å². The van der Waals surface area contributed by atoms with E-state index in [9.17, 15) is 19.7 Å². The summed E-state index contributed by atoms with van der Waals surface area (Å²) in [5.74, 6) is -4.98. The maximum Gasteiger partial charge on any atom is 0.324 e. The van der Waals surface area contributed by atoms with Gasteiger partial charge in [0.2, 0.25) is 0 Å². The maximum absolute atomic E-state index is 10.8. The van der Waals surface area contributed by atoms with Crippen molar-refractivity contribution in [1.82, 2.24) is 4.98 Å². The summed E-state index contributed by atoms with van der Waals surface area (Å²) in [6, 6.07) is 1.07. The molecule has 1 heterocycles. The molecule has 2 N–H and O–H groups in total. The van der Waals surface area contributed by atoms with E-state index in [1.165, 1.54) is 0 Å². The molecule has 0 radical (unpaired) electrons. The molecule has 0 spiro atoms. The summed E-state index contributed by atoms with van der Waals surface area (Å²) in [7, 11) is 0. The minimum absolute atomic E-state index is 0.117. The Morgan fingerprint density at radius 1 is 1.41 bits per heavy atom. The fourth-order valence-electron chi connectivity index (χ4n) is 1.09. The summed E-state index contributed by atoms with van der Waals surface area (Å²) in [5.41, 5.74) is -0.552. The first-order valence-corrected chi connectivity index (χ1v) is 5.18. The Kier molecular flexibility index (Phi) is 3.93. The Morgan fingerprint density at radius 2 is 1.94 bits per heavy atom.